The summed E-state index contributed by atoms with van der Waals surface area (Å²) in [5.41, 5.74) is 0.932. The van der Waals surface area contributed by atoms with Gasteiger partial charge in [0.2, 0.25) is 11.8 Å². The van der Waals surface area contributed by atoms with Crippen LogP contribution in [0.15, 0.2) is 24.3 Å². The lowest BCUT2D eigenvalue weighted by molar-refractivity contribution is -0.140. The van der Waals surface area contributed by atoms with E-state index in [1.54, 1.807) is 25.7 Å². The highest BCUT2D eigenvalue weighted by Crippen LogP contribution is 2.27. The highest BCUT2D eigenvalue weighted by Gasteiger charge is 2.36. The maximum atomic E-state index is 12.9. The van der Waals surface area contributed by atoms with Crippen LogP contribution >= 0.6 is 0 Å². The summed E-state index contributed by atoms with van der Waals surface area (Å²) in [6.07, 6.45) is 0.0909. The van der Waals surface area contributed by atoms with Crippen molar-refractivity contribution in [2.24, 2.45) is 5.92 Å². The van der Waals surface area contributed by atoms with Gasteiger partial charge in [0.15, 0.2) is 0 Å². The SMILES string of the molecule is CC[C@H](C)C1C(=O)Nc2ccccc2CN1C(=O)CNC(=O)OC(C)(C)C. The Morgan fingerprint density at radius 1 is 1.33 bits per heavy atom. The molecular weight excluding hydrogens is 346 g/mol. The summed E-state index contributed by atoms with van der Waals surface area (Å²) >= 11 is 0. The van der Waals surface area contributed by atoms with Crippen molar-refractivity contribution in [1.29, 1.82) is 0 Å². The number of para-hydroxylation sites is 1. The molecule has 148 valence electrons. The van der Waals surface area contributed by atoms with Gasteiger partial charge in [-0.3, -0.25) is 9.59 Å². The number of alkyl carbamates (subject to hydrolysis) is 1. The van der Waals surface area contributed by atoms with Gasteiger partial charge in [-0.05, 0) is 38.3 Å². The van der Waals surface area contributed by atoms with E-state index in [2.05, 4.69) is 10.6 Å². The summed E-state index contributed by atoms with van der Waals surface area (Å²) < 4.78 is 5.17. The minimum absolute atomic E-state index is 0.0233. The molecule has 7 heteroatoms. The standard InChI is InChI=1S/C20H29N3O4/c1-6-13(2)17-18(25)22-15-10-8-7-9-14(15)12-23(17)16(24)11-21-19(26)27-20(3,4)5/h7-10,13,17H,6,11-12H2,1-5H3,(H,21,26)(H,22,25)/t13-,17?/m0/s1. The largest absolute Gasteiger partial charge is 0.444 e. The van der Waals surface area contributed by atoms with E-state index in [1.165, 1.54) is 0 Å². The Morgan fingerprint density at radius 3 is 2.63 bits per heavy atom. The molecule has 2 atom stereocenters. The lowest BCUT2D eigenvalue weighted by Gasteiger charge is -2.32. The molecule has 1 aromatic carbocycles. The molecule has 27 heavy (non-hydrogen) atoms. The van der Waals surface area contributed by atoms with Crippen molar-refractivity contribution in [2.75, 3.05) is 11.9 Å². The van der Waals surface area contributed by atoms with Crippen LogP contribution in [-0.4, -0.2) is 41.0 Å². The number of nitrogens with one attached hydrogen (secondary N) is 2. The number of carbonyl (C=O) groups excluding carboxylic acids is 3. The van der Waals surface area contributed by atoms with Crippen LogP contribution in [0.4, 0.5) is 10.5 Å². The summed E-state index contributed by atoms with van der Waals surface area (Å²) in [4.78, 5) is 39.1. The quantitative estimate of drug-likeness (QED) is 0.847. The van der Waals surface area contributed by atoms with Crippen LogP contribution in [0.5, 0.6) is 0 Å². The molecular formula is C20H29N3O4. The van der Waals surface area contributed by atoms with Gasteiger partial charge >= 0.3 is 6.09 Å². The lowest BCUT2D eigenvalue weighted by Crippen LogP contribution is -2.51. The summed E-state index contributed by atoms with van der Waals surface area (Å²) in [5.74, 6) is -0.553. The number of carbonyl (C=O) groups is 3. The molecule has 1 heterocycles. The van der Waals surface area contributed by atoms with E-state index in [1.807, 2.05) is 38.1 Å². The number of amides is 3. The Hall–Kier alpha value is -2.57. The molecule has 0 bridgehead atoms. The smallest absolute Gasteiger partial charge is 0.408 e. The molecule has 1 aliphatic rings. The summed E-state index contributed by atoms with van der Waals surface area (Å²) in [6, 6.07) is 6.83. The van der Waals surface area contributed by atoms with Crippen molar-refractivity contribution in [1.82, 2.24) is 10.2 Å². The second-order valence-electron chi connectivity index (χ2n) is 7.85. The average molecular weight is 375 g/mol. The predicted octanol–water partition coefficient (Wildman–Crippen LogP) is 2.91. The topological polar surface area (TPSA) is 87.7 Å². The monoisotopic (exact) mass is 375 g/mol. The molecule has 1 aliphatic heterocycles. The highest BCUT2D eigenvalue weighted by molar-refractivity contribution is 5.99. The summed E-state index contributed by atoms with van der Waals surface area (Å²) in [6.45, 7) is 9.27. The molecule has 2 rings (SSSR count). The zero-order valence-electron chi connectivity index (χ0n) is 16.7. The molecule has 0 saturated carbocycles. The first-order valence-electron chi connectivity index (χ1n) is 9.27. The molecule has 2 N–H and O–H groups in total. The van der Waals surface area contributed by atoms with Gasteiger partial charge in [0, 0.05) is 12.2 Å². The van der Waals surface area contributed by atoms with E-state index in [0.717, 1.165) is 12.0 Å². The van der Waals surface area contributed by atoms with E-state index in [-0.39, 0.29) is 24.3 Å². The van der Waals surface area contributed by atoms with Crippen molar-refractivity contribution in [3.8, 4) is 0 Å². The van der Waals surface area contributed by atoms with Gasteiger partial charge in [-0.1, -0.05) is 38.5 Å². The Labute approximate surface area is 160 Å². The van der Waals surface area contributed by atoms with Crippen molar-refractivity contribution < 1.29 is 19.1 Å². The van der Waals surface area contributed by atoms with E-state index < -0.39 is 17.7 Å². The van der Waals surface area contributed by atoms with Gasteiger partial charge in [-0.25, -0.2) is 4.79 Å². The second kappa shape index (κ2) is 8.41. The number of rotatable bonds is 4. The molecule has 7 nitrogen and oxygen atoms in total. The predicted molar refractivity (Wildman–Crippen MR) is 103 cm³/mol. The maximum Gasteiger partial charge on any atom is 0.408 e. The molecule has 0 aromatic heterocycles. The Bertz CT molecular complexity index is 711. The minimum atomic E-state index is -0.657. The highest BCUT2D eigenvalue weighted by atomic mass is 16.6. The van der Waals surface area contributed by atoms with Crippen LogP contribution in [0.25, 0.3) is 0 Å². The Morgan fingerprint density at radius 2 is 2.00 bits per heavy atom. The third-order valence-electron chi connectivity index (χ3n) is 4.51. The third-order valence-corrected chi connectivity index (χ3v) is 4.51. The number of hydrogen-bond donors (Lipinski definition) is 2. The van der Waals surface area contributed by atoms with Crippen LogP contribution in [0, 0.1) is 5.92 Å². The molecule has 0 spiro atoms. The number of ether oxygens (including phenoxy) is 1. The number of hydrogen-bond acceptors (Lipinski definition) is 4. The second-order valence-corrected chi connectivity index (χ2v) is 7.85. The van der Waals surface area contributed by atoms with Gasteiger partial charge in [-0.15, -0.1) is 0 Å². The van der Waals surface area contributed by atoms with Crippen molar-refractivity contribution in [2.45, 2.75) is 59.2 Å². The first-order chi connectivity index (χ1) is 12.6. The van der Waals surface area contributed by atoms with Gasteiger partial charge in [0.05, 0.1) is 0 Å². The van der Waals surface area contributed by atoms with Crippen LogP contribution < -0.4 is 10.6 Å². The Balaban J connectivity index is 2.19. The first-order valence-corrected chi connectivity index (χ1v) is 9.27. The van der Waals surface area contributed by atoms with Crippen LogP contribution in [0.2, 0.25) is 0 Å². The minimum Gasteiger partial charge on any atom is -0.444 e. The van der Waals surface area contributed by atoms with Gasteiger partial charge in [0.1, 0.15) is 18.2 Å². The first kappa shape index (κ1) is 20.7. The number of nitrogens with zero attached hydrogens (tertiary/aromatic N) is 1. The third kappa shape index (κ3) is 5.45. The fourth-order valence-corrected chi connectivity index (χ4v) is 3.01. The average Bonchev–Trinajstić information content (AvgIpc) is 2.73. The van der Waals surface area contributed by atoms with E-state index in [0.29, 0.717) is 12.2 Å². The van der Waals surface area contributed by atoms with Crippen LogP contribution in [0.1, 0.15) is 46.6 Å². The van der Waals surface area contributed by atoms with E-state index in [4.69, 9.17) is 4.74 Å². The van der Waals surface area contributed by atoms with Crippen molar-refractivity contribution in [3.05, 3.63) is 29.8 Å². The fourth-order valence-electron chi connectivity index (χ4n) is 3.01. The van der Waals surface area contributed by atoms with E-state index >= 15 is 0 Å². The lowest BCUT2D eigenvalue weighted by atomic mass is 9.96. The van der Waals surface area contributed by atoms with E-state index in [9.17, 15) is 14.4 Å². The summed E-state index contributed by atoms with van der Waals surface area (Å²) in [5, 5.41) is 5.41. The molecule has 0 saturated heterocycles. The maximum absolute atomic E-state index is 12.9. The number of fused-ring (bicyclic) bond motifs is 1. The molecule has 1 aromatic rings. The zero-order valence-corrected chi connectivity index (χ0v) is 16.7. The summed E-state index contributed by atoms with van der Waals surface area (Å²) in [7, 11) is 0. The molecule has 1 unspecified atom stereocenters. The fraction of sp³-hybridized carbons (Fsp3) is 0.550. The molecule has 0 aliphatic carbocycles. The number of anilines is 1. The van der Waals surface area contributed by atoms with Gasteiger partial charge in [-0.2, -0.15) is 0 Å². The van der Waals surface area contributed by atoms with Crippen molar-refractivity contribution in [3.63, 3.8) is 0 Å². The number of benzene rings is 1. The van der Waals surface area contributed by atoms with Gasteiger partial charge in [0.25, 0.3) is 0 Å². The van der Waals surface area contributed by atoms with Crippen LogP contribution in [0.3, 0.4) is 0 Å². The molecule has 0 radical (unpaired) electrons. The molecule has 3 amide bonds. The van der Waals surface area contributed by atoms with Crippen molar-refractivity contribution >= 4 is 23.6 Å². The zero-order chi connectivity index (χ0) is 20.2. The van der Waals surface area contributed by atoms with Crippen LogP contribution in [-0.2, 0) is 20.9 Å². The normalized spacial score (nSPS) is 18.0. The Kier molecular flexibility index (Phi) is 6.46. The van der Waals surface area contributed by atoms with Gasteiger partial charge < -0.3 is 20.3 Å². The molecule has 0 fully saturated rings.